The predicted octanol–water partition coefficient (Wildman–Crippen LogP) is 5.33. The SMILES string of the molecule is C.C=CC(/C=C/c1ccc(C)cc1)=C\C=C/C. The molecule has 0 aliphatic rings. The number of allylic oxidation sites excluding steroid dienone is 6. The van der Waals surface area contributed by atoms with Crippen LogP contribution in [0.2, 0.25) is 0 Å². The van der Waals surface area contributed by atoms with E-state index in [2.05, 4.69) is 49.9 Å². The molecule has 0 atom stereocenters. The van der Waals surface area contributed by atoms with Crippen LogP contribution in [0.5, 0.6) is 0 Å². The van der Waals surface area contributed by atoms with Crippen LogP contribution in [0.1, 0.15) is 25.5 Å². The van der Waals surface area contributed by atoms with Gasteiger partial charge in [-0.15, -0.1) is 0 Å². The van der Waals surface area contributed by atoms with Crippen molar-refractivity contribution < 1.29 is 0 Å². The maximum absolute atomic E-state index is 3.79. The minimum atomic E-state index is 0. The number of hydrogen-bond donors (Lipinski definition) is 0. The molecule has 0 heterocycles. The Kier molecular flexibility index (Phi) is 7.45. The molecule has 0 spiro atoms. The molecule has 0 nitrogen and oxygen atoms in total. The van der Waals surface area contributed by atoms with E-state index in [0.717, 1.165) is 5.57 Å². The van der Waals surface area contributed by atoms with Gasteiger partial charge in [0.05, 0.1) is 0 Å². The zero-order chi connectivity index (χ0) is 11.8. The summed E-state index contributed by atoms with van der Waals surface area (Å²) in [6.07, 6.45) is 12.1. The van der Waals surface area contributed by atoms with Crippen molar-refractivity contribution in [2.45, 2.75) is 21.3 Å². The number of rotatable bonds is 4. The molecule has 1 rings (SSSR count). The third-order valence-electron chi connectivity index (χ3n) is 2.26. The highest BCUT2D eigenvalue weighted by Gasteiger charge is 1.87. The average molecular weight is 226 g/mol. The Morgan fingerprint density at radius 1 is 1.18 bits per heavy atom. The van der Waals surface area contributed by atoms with Gasteiger partial charge in [0, 0.05) is 0 Å². The van der Waals surface area contributed by atoms with Crippen LogP contribution in [0.4, 0.5) is 0 Å². The van der Waals surface area contributed by atoms with Gasteiger partial charge < -0.3 is 0 Å². The van der Waals surface area contributed by atoms with E-state index < -0.39 is 0 Å². The second-order valence-corrected chi connectivity index (χ2v) is 3.64. The maximum Gasteiger partial charge on any atom is -0.0256 e. The predicted molar refractivity (Wildman–Crippen MR) is 80.0 cm³/mol. The van der Waals surface area contributed by atoms with Crippen molar-refractivity contribution in [3.05, 3.63) is 77.9 Å². The molecular formula is C17H22. The molecule has 0 saturated carbocycles. The Hall–Kier alpha value is -1.82. The van der Waals surface area contributed by atoms with Gasteiger partial charge in [0.2, 0.25) is 0 Å². The van der Waals surface area contributed by atoms with E-state index in [4.69, 9.17) is 0 Å². The van der Waals surface area contributed by atoms with Crippen LogP contribution < -0.4 is 0 Å². The van der Waals surface area contributed by atoms with Crippen molar-refractivity contribution in [1.82, 2.24) is 0 Å². The molecule has 0 aliphatic carbocycles. The van der Waals surface area contributed by atoms with Crippen LogP contribution in [0.15, 0.2) is 66.8 Å². The lowest BCUT2D eigenvalue weighted by molar-refractivity contribution is 1.46. The topological polar surface area (TPSA) is 0 Å². The first kappa shape index (κ1) is 15.2. The summed E-state index contributed by atoms with van der Waals surface area (Å²) in [5, 5.41) is 0. The molecule has 90 valence electrons. The molecule has 0 N–H and O–H groups in total. The molecule has 0 unspecified atom stereocenters. The van der Waals surface area contributed by atoms with Gasteiger partial charge in [0.25, 0.3) is 0 Å². The molecule has 0 aromatic heterocycles. The summed E-state index contributed by atoms with van der Waals surface area (Å²) >= 11 is 0. The third kappa shape index (κ3) is 5.72. The average Bonchev–Trinajstić information content (AvgIpc) is 2.32. The van der Waals surface area contributed by atoms with Crippen molar-refractivity contribution in [3.8, 4) is 0 Å². The fourth-order valence-electron chi connectivity index (χ4n) is 1.27. The van der Waals surface area contributed by atoms with Crippen molar-refractivity contribution in [1.29, 1.82) is 0 Å². The van der Waals surface area contributed by atoms with Crippen LogP contribution in [0, 0.1) is 6.92 Å². The van der Waals surface area contributed by atoms with Gasteiger partial charge in [0.1, 0.15) is 0 Å². The number of hydrogen-bond acceptors (Lipinski definition) is 0. The van der Waals surface area contributed by atoms with Crippen molar-refractivity contribution in [2.75, 3.05) is 0 Å². The Labute approximate surface area is 106 Å². The Morgan fingerprint density at radius 3 is 2.35 bits per heavy atom. The van der Waals surface area contributed by atoms with Crippen LogP contribution in [0.25, 0.3) is 6.08 Å². The van der Waals surface area contributed by atoms with E-state index in [1.54, 1.807) is 0 Å². The first-order valence-electron chi connectivity index (χ1n) is 5.46. The molecule has 1 aromatic carbocycles. The van der Waals surface area contributed by atoms with E-state index in [9.17, 15) is 0 Å². The van der Waals surface area contributed by atoms with E-state index in [0.29, 0.717) is 0 Å². The maximum atomic E-state index is 3.79. The monoisotopic (exact) mass is 226 g/mol. The van der Waals surface area contributed by atoms with E-state index in [-0.39, 0.29) is 7.43 Å². The largest absolute Gasteiger partial charge is 0.0985 e. The summed E-state index contributed by atoms with van der Waals surface area (Å²) < 4.78 is 0. The minimum absolute atomic E-state index is 0. The lowest BCUT2D eigenvalue weighted by Gasteiger charge is -1.95. The number of aryl methyl sites for hydroxylation is 1. The number of benzene rings is 1. The molecule has 0 amide bonds. The molecule has 17 heavy (non-hydrogen) atoms. The first-order chi connectivity index (χ1) is 7.76. The van der Waals surface area contributed by atoms with Gasteiger partial charge in [0.15, 0.2) is 0 Å². The molecule has 1 aromatic rings. The normalized spacial score (nSPS) is 11.8. The molecule has 0 saturated heterocycles. The van der Waals surface area contributed by atoms with Crippen LogP contribution in [-0.4, -0.2) is 0 Å². The second-order valence-electron chi connectivity index (χ2n) is 3.64. The van der Waals surface area contributed by atoms with E-state index in [1.807, 2.05) is 31.2 Å². The summed E-state index contributed by atoms with van der Waals surface area (Å²) in [7, 11) is 0. The van der Waals surface area contributed by atoms with Crippen molar-refractivity contribution >= 4 is 6.08 Å². The van der Waals surface area contributed by atoms with Gasteiger partial charge in [-0.25, -0.2) is 0 Å². The van der Waals surface area contributed by atoms with Crippen LogP contribution >= 0.6 is 0 Å². The fourth-order valence-corrected chi connectivity index (χ4v) is 1.27. The van der Waals surface area contributed by atoms with E-state index in [1.165, 1.54) is 11.1 Å². The Bertz CT molecular complexity index is 414. The van der Waals surface area contributed by atoms with Gasteiger partial charge in [-0.1, -0.05) is 80.3 Å². The lowest BCUT2D eigenvalue weighted by atomic mass is 10.1. The lowest BCUT2D eigenvalue weighted by Crippen LogP contribution is -1.74. The zero-order valence-electron chi connectivity index (χ0n) is 9.98. The highest BCUT2D eigenvalue weighted by Crippen LogP contribution is 2.08. The summed E-state index contributed by atoms with van der Waals surface area (Å²) in [5.74, 6) is 0. The summed E-state index contributed by atoms with van der Waals surface area (Å²) in [4.78, 5) is 0. The van der Waals surface area contributed by atoms with E-state index >= 15 is 0 Å². The molecule has 0 bridgehead atoms. The van der Waals surface area contributed by atoms with Crippen LogP contribution in [0.3, 0.4) is 0 Å². The summed E-state index contributed by atoms with van der Waals surface area (Å²) in [6.45, 7) is 7.88. The highest BCUT2D eigenvalue weighted by molar-refractivity contribution is 5.55. The molecule has 0 aliphatic heterocycles. The minimum Gasteiger partial charge on any atom is -0.0985 e. The van der Waals surface area contributed by atoms with Gasteiger partial charge in [-0.2, -0.15) is 0 Å². The van der Waals surface area contributed by atoms with Gasteiger partial charge in [-0.05, 0) is 25.0 Å². The second kappa shape index (κ2) is 8.35. The Balaban J connectivity index is 0.00000256. The smallest absolute Gasteiger partial charge is 0.0256 e. The first-order valence-corrected chi connectivity index (χ1v) is 5.46. The van der Waals surface area contributed by atoms with Crippen molar-refractivity contribution in [3.63, 3.8) is 0 Å². The zero-order valence-corrected chi connectivity index (χ0v) is 9.98. The fraction of sp³-hybridized carbons (Fsp3) is 0.176. The standard InChI is InChI=1S/C16H18.CH4/c1-4-6-7-15(5-2)12-13-16-10-8-14(3)9-11-16;/h4-13H,2H2,1,3H3;1H4/b6-4-,13-12+,15-7+;. The Morgan fingerprint density at radius 2 is 1.82 bits per heavy atom. The molecule has 0 heteroatoms. The van der Waals surface area contributed by atoms with Gasteiger partial charge in [-0.3, -0.25) is 0 Å². The van der Waals surface area contributed by atoms with Gasteiger partial charge >= 0.3 is 0 Å². The van der Waals surface area contributed by atoms with Crippen LogP contribution in [-0.2, 0) is 0 Å². The summed E-state index contributed by atoms with van der Waals surface area (Å²) in [5.41, 5.74) is 3.60. The molecule has 0 fully saturated rings. The summed E-state index contributed by atoms with van der Waals surface area (Å²) in [6, 6.07) is 8.45. The molecule has 0 radical (unpaired) electrons. The van der Waals surface area contributed by atoms with Crippen molar-refractivity contribution in [2.24, 2.45) is 0 Å². The quantitative estimate of drug-likeness (QED) is 0.608. The highest BCUT2D eigenvalue weighted by atomic mass is 13.9. The molecular weight excluding hydrogens is 204 g/mol. The third-order valence-corrected chi connectivity index (χ3v) is 2.26.